The van der Waals surface area contributed by atoms with Crippen LogP contribution in [0.2, 0.25) is 0 Å². The molecule has 0 aliphatic carbocycles. The molecule has 4 nitrogen and oxygen atoms in total. The van der Waals surface area contributed by atoms with E-state index in [1.165, 1.54) is 0 Å². The Kier molecular flexibility index (Phi) is 2.27. The topological polar surface area (TPSA) is 61.3 Å². The molecule has 0 amide bonds. The third-order valence-electron chi connectivity index (χ3n) is 2.85. The molecule has 2 N–H and O–H groups in total. The monoisotopic (exact) mass is 282 g/mol. The molecule has 0 bridgehead atoms. The second-order valence-corrected chi connectivity index (χ2v) is 4.92. The second-order valence-electron chi connectivity index (χ2n) is 4.07. The molecule has 1 saturated heterocycles. The van der Waals surface area contributed by atoms with E-state index >= 15 is 0 Å². The Morgan fingerprint density at radius 3 is 3.00 bits per heavy atom. The summed E-state index contributed by atoms with van der Waals surface area (Å²) < 4.78 is 11.9. The number of halogens is 1. The van der Waals surface area contributed by atoms with Crippen LogP contribution in [0, 0.1) is 0 Å². The molecule has 1 atom stereocenters. The number of benzene rings is 1. The smallest absolute Gasteiger partial charge is 0.218 e. The van der Waals surface area contributed by atoms with Gasteiger partial charge in [0.25, 0.3) is 0 Å². The average Bonchev–Trinajstić information content (AvgIpc) is 2.85. The van der Waals surface area contributed by atoms with Crippen molar-refractivity contribution in [1.82, 2.24) is 4.98 Å². The van der Waals surface area contributed by atoms with Crippen molar-refractivity contribution in [1.29, 1.82) is 0 Å². The van der Waals surface area contributed by atoms with E-state index in [-0.39, 0.29) is 0 Å². The number of hydrogen-bond donors (Lipinski definition) is 1. The molecule has 0 radical (unpaired) electrons. The van der Waals surface area contributed by atoms with Gasteiger partial charge >= 0.3 is 0 Å². The van der Waals surface area contributed by atoms with Gasteiger partial charge in [-0.15, -0.1) is 0 Å². The van der Waals surface area contributed by atoms with E-state index in [2.05, 4.69) is 20.9 Å². The van der Waals surface area contributed by atoms with E-state index in [0.29, 0.717) is 19.1 Å². The van der Waals surface area contributed by atoms with Crippen molar-refractivity contribution >= 4 is 27.0 Å². The minimum Gasteiger partial charge on any atom is -0.437 e. The number of para-hydroxylation sites is 1. The van der Waals surface area contributed by atoms with Gasteiger partial charge < -0.3 is 14.9 Å². The number of hydrogen-bond acceptors (Lipinski definition) is 4. The lowest BCUT2D eigenvalue weighted by atomic mass is 10.0. The second kappa shape index (κ2) is 3.55. The third-order valence-corrected chi connectivity index (χ3v) is 3.47. The summed E-state index contributed by atoms with van der Waals surface area (Å²) in [6.45, 7) is 1.13. The molecule has 1 fully saturated rings. The standard InChI is InChI=1S/C11H11BrN2O2/c12-7-2-1-3-8-9(7)16-10(14-8)11(13)4-5-15-6-11/h1-3H,4-6,13H2. The molecular weight excluding hydrogens is 272 g/mol. The van der Waals surface area contributed by atoms with Crippen LogP contribution in [0.15, 0.2) is 27.1 Å². The highest BCUT2D eigenvalue weighted by Gasteiger charge is 2.37. The summed E-state index contributed by atoms with van der Waals surface area (Å²) in [7, 11) is 0. The molecule has 1 aromatic heterocycles. The van der Waals surface area contributed by atoms with Crippen LogP contribution in [0.1, 0.15) is 12.3 Å². The van der Waals surface area contributed by atoms with Gasteiger partial charge in [-0.05, 0) is 34.5 Å². The van der Waals surface area contributed by atoms with Gasteiger partial charge in [0.05, 0.1) is 11.1 Å². The van der Waals surface area contributed by atoms with E-state index in [1.807, 2.05) is 18.2 Å². The largest absolute Gasteiger partial charge is 0.437 e. The van der Waals surface area contributed by atoms with Gasteiger partial charge in [-0.25, -0.2) is 4.98 Å². The molecule has 0 spiro atoms. The summed E-state index contributed by atoms with van der Waals surface area (Å²) in [4.78, 5) is 4.43. The number of fused-ring (bicyclic) bond motifs is 1. The van der Waals surface area contributed by atoms with Gasteiger partial charge in [0.1, 0.15) is 11.1 Å². The zero-order chi connectivity index (χ0) is 11.2. The first-order valence-corrected chi connectivity index (χ1v) is 5.90. The van der Waals surface area contributed by atoms with Crippen LogP contribution in [-0.2, 0) is 10.3 Å². The van der Waals surface area contributed by atoms with Crippen molar-refractivity contribution in [2.75, 3.05) is 13.2 Å². The molecule has 2 aromatic rings. The molecule has 1 aliphatic heterocycles. The maximum absolute atomic E-state index is 6.20. The van der Waals surface area contributed by atoms with Gasteiger partial charge in [-0.1, -0.05) is 6.07 Å². The number of nitrogens with zero attached hydrogens (tertiary/aromatic N) is 1. The molecule has 1 unspecified atom stereocenters. The fourth-order valence-electron chi connectivity index (χ4n) is 1.88. The molecule has 84 valence electrons. The Hall–Kier alpha value is -0.910. The summed E-state index contributed by atoms with van der Waals surface area (Å²) in [6, 6.07) is 5.75. The van der Waals surface area contributed by atoms with Crippen LogP contribution in [0.4, 0.5) is 0 Å². The number of ether oxygens (including phenoxy) is 1. The lowest BCUT2D eigenvalue weighted by molar-refractivity contribution is 0.170. The van der Waals surface area contributed by atoms with Crippen molar-refractivity contribution < 1.29 is 9.15 Å². The Morgan fingerprint density at radius 1 is 1.44 bits per heavy atom. The highest BCUT2D eigenvalue weighted by Crippen LogP contribution is 2.32. The number of aromatic nitrogens is 1. The normalized spacial score (nSPS) is 25.4. The van der Waals surface area contributed by atoms with Crippen LogP contribution in [0.25, 0.3) is 11.1 Å². The molecular formula is C11H11BrN2O2. The van der Waals surface area contributed by atoms with E-state index in [9.17, 15) is 0 Å². The third kappa shape index (κ3) is 1.47. The lowest BCUT2D eigenvalue weighted by Crippen LogP contribution is -2.37. The van der Waals surface area contributed by atoms with Crippen molar-refractivity contribution in [3.05, 3.63) is 28.6 Å². The summed E-state index contributed by atoms with van der Waals surface area (Å²) in [5.41, 5.74) is 7.19. The van der Waals surface area contributed by atoms with E-state index in [1.54, 1.807) is 0 Å². The molecule has 0 saturated carbocycles. The minimum absolute atomic E-state index is 0.470. The summed E-state index contributed by atoms with van der Waals surface area (Å²) >= 11 is 3.43. The Morgan fingerprint density at radius 2 is 2.31 bits per heavy atom. The Bertz CT molecular complexity index is 532. The predicted molar refractivity (Wildman–Crippen MR) is 63.0 cm³/mol. The van der Waals surface area contributed by atoms with E-state index in [0.717, 1.165) is 22.0 Å². The highest BCUT2D eigenvalue weighted by molar-refractivity contribution is 9.10. The minimum atomic E-state index is -0.571. The van der Waals surface area contributed by atoms with E-state index < -0.39 is 5.54 Å². The van der Waals surface area contributed by atoms with Crippen LogP contribution in [0.3, 0.4) is 0 Å². The first kappa shape index (κ1) is 10.3. The fraction of sp³-hybridized carbons (Fsp3) is 0.364. The van der Waals surface area contributed by atoms with Gasteiger partial charge in [0, 0.05) is 6.61 Å². The van der Waals surface area contributed by atoms with Crippen LogP contribution >= 0.6 is 15.9 Å². The van der Waals surface area contributed by atoms with Crippen molar-refractivity contribution in [3.63, 3.8) is 0 Å². The molecule has 5 heteroatoms. The quantitative estimate of drug-likeness (QED) is 0.871. The predicted octanol–water partition coefficient (Wildman–Crippen LogP) is 2.16. The SMILES string of the molecule is NC1(c2nc3cccc(Br)c3o2)CCOC1. The molecule has 2 heterocycles. The maximum Gasteiger partial charge on any atom is 0.218 e. The van der Waals surface area contributed by atoms with E-state index in [4.69, 9.17) is 14.9 Å². The first-order valence-electron chi connectivity index (χ1n) is 5.11. The summed E-state index contributed by atoms with van der Waals surface area (Å²) in [5.74, 6) is 0.562. The van der Waals surface area contributed by atoms with Crippen molar-refractivity contribution in [2.45, 2.75) is 12.0 Å². The van der Waals surface area contributed by atoms with Gasteiger partial charge in [0.2, 0.25) is 5.89 Å². The zero-order valence-corrected chi connectivity index (χ0v) is 10.2. The highest BCUT2D eigenvalue weighted by atomic mass is 79.9. The molecule has 1 aliphatic rings. The molecule has 3 rings (SSSR count). The summed E-state index contributed by atoms with van der Waals surface area (Å²) in [5, 5.41) is 0. The Balaban J connectivity index is 2.15. The number of rotatable bonds is 1. The van der Waals surface area contributed by atoms with Crippen molar-refractivity contribution in [3.8, 4) is 0 Å². The molecule has 1 aromatic carbocycles. The van der Waals surface area contributed by atoms with Gasteiger partial charge in [0.15, 0.2) is 5.58 Å². The fourth-order valence-corrected chi connectivity index (χ4v) is 2.31. The molecule has 16 heavy (non-hydrogen) atoms. The van der Waals surface area contributed by atoms with Gasteiger partial charge in [-0.3, -0.25) is 0 Å². The number of oxazole rings is 1. The van der Waals surface area contributed by atoms with Crippen LogP contribution in [0.5, 0.6) is 0 Å². The number of nitrogens with two attached hydrogens (primary N) is 1. The van der Waals surface area contributed by atoms with Crippen LogP contribution < -0.4 is 5.73 Å². The Labute approximate surface area is 101 Å². The lowest BCUT2D eigenvalue weighted by Gasteiger charge is -2.16. The van der Waals surface area contributed by atoms with Gasteiger partial charge in [-0.2, -0.15) is 0 Å². The van der Waals surface area contributed by atoms with Crippen molar-refractivity contribution in [2.24, 2.45) is 5.73 Å². The van der Waals surface area contributed by atoms with Crippen LogP contribution in [-0.4, -0.2) is 18.2 Å². The maximum atomic E-state index is 6.20. The zero-order valence-electron chi connectivity index (χ0n) is 8.57. The average molecular weight is 283 g/mol. The summed E-state index contributed by atoms with van der Waals surface area (Å²) in [6.07, 6.45) is 0.747. The first-order chi connectivity index (χ1) is 7.69.